The molecule has 5 aliphatic rings. The summed E-state index contributed by atoms with van der Waals surface area (Å²) < 4.78 is 0.186. The Bertz CT molecular complexity index is 742. The molecule has 0 radical (unpaired) electrons. The minimum atomic E-state index is -0.202. The molecule has 6 rings (SSSR count). The van der Waals surface area contributed by atoms with Gasteiger partial charge in [0.25, 0.3) is 0 Å². The van der Waals surface area contributed by atoms with Crippen molar-refractivity contribution in [1.82, 2.24) is 0 Å². The number of halogens is 1. The fraction of sp³-hybridized carbons (Fsp3) is 0.619. The van der Waals surface area contributed by atoms with E-state index in [1.54, 1.807) is 0 Å². The molecule has 26 heavy (non-hydrogen) atoms. The number of anilines is 2. The minimum absolute atomic E-state index is 0.109. The largest absolute Gasteiger partial charge is 0.326 e. The third-order valence-electron chi connectivity index (χ3n) is 6.83. The molecule has 0 spiro atoms. The first-order valence-electron chi connectivity index (χ1n) is 9.84. The summed E-state index contributed by atoms with van der Waals surface area (Å²) in [6, 6.07) is 7.54. The van der Waals surface area contributed by atoms with Gasteiger partial charge in [-0.25, -0.2) is 0 Å². The van der Waals surface area contributed by atoms with Gasteiger partial charge in [0.15, 0.2) is 0 Å². The first-order valence-corrected chi connectivity index (χ1v) is 10.6. The van der Waals surface area contributed by atoms with Crippen LogP contribution >= 0.6 is 15.9 Å². The van der Waals surface area contributed by atoms with Crippen LogP contribution in [0.3, 0.4) is 0 Å². The molecule has 1 aromatic rings. The lowest BCUT2D eigenvalue weighted by Crippen LogP contribution is -2.57. The Morgan fingerprint density at radius 1 is 0.923 bits per heavy atom. The monoisotopic (exact) mass is 416 g/mol. The van der Waals surface area contributed by atoms with Crippen LogP contribution in [0.1, 0.15) is 51.4 Å². The molecule has 0 aromatic heterocycles. The fourth-order valence-electron chi connectivity index (χ4n) is 5.91. The standard InChI is InChI=1S/C21H25BrN2O2/c22-21-10-13-7-14(11-21)9-20(8-13,12-21)19(26)24-17-5-3-16(4-6-17)23-18(25)15-1-2-15/h3-6,13-15H,1-2,7-12H2,(H,23,25)(H,24,26). The Morgan fingerprint density at radius 2 is 1.50 bits per heavy atom. The number of hydrogen-bond donors (Lipinski definition) is 2. The van der Waals surface area contributed by atoms with Crippen molar-refractivity contribution in [2.75, 3.05) is 10.6 Å². The molecule has 138 valence electrons. The molecule has 0 saturated heterocycles. The van der Waals surface area contributed by atoms with Crippen LogP contribution in [0.5, 0.6) is 0 Å². The average molecular weight is 417 g/mol. The molecule has 5 fully saturated rings. The second-order valence-corrected chi connectivity index (χ2v) is 10.9. The van der Waals surface area contributed by atoms with Crippen molar-refractivity contribution in [3.8, 4) is 0 Å². The van der Waals surface area contributed by atoms with Crippen molar-refractivity contribution in [2.24, 2.45) is 23.2 Å². The minimum Gasteiger partial charge on any atom is -0.326 e. The Labute approximate surface area is 162 Å². The molecule has 0 heterocycles. The van der Waals surface area contributed by atoms with Gasteiger partial charge in [0.2, 0.25) is 11.8 Å². The Hall–Kier alpha value is -1.36. The zero-order valence-corrected chi connectivity index (χ0v) is 16.5. The van der Waals surface area contributed by atoms with E-state index in [1.165, 1.54) is 19.3 Å². The molecule has 1 aromatic carbocycles. The maximum atomic E-state index is 13.2. The lowest BCUT2D eigenvalue weighted by Gasteiger charge is -2.59. The zero-order chi connectivity index (χ0) is 17.9. The van der Waals surface area contributed by atoms with Crippen LogP contribution in [0.4, 0.5) is 11.4 Å². The molecule has 5 aliphatic carbocycles. The number of carbonyl (C=O) groups is 2. The molecule has 0 aliphatic heterocycles. The Morgan fingerprint density at radius 3 is 2.04 bits per heavy atom. The van der Waals surface area contributed by atoms with Crippen LogP contribution in [0, 0.1) is 23.2 Å². The first-order chi connectivity index (χ1) is 12.4. The summed E-state index contributed by atoms with van der Waals surface area (Å²) in [6.07, 6.45) is 8.81. The lowest BCUT2D eigenvalue weighted by molar-refractivity contribution is -0.138. The van der Waals surface area contributed by atoms with Gasteiger partial charge in [-0.1, -0.05) is 15.9 Å². The van der Waals surface area contributed by atoms with Crippen LogP contribution < -0.4 is 10.6 Å². The SMILES string of the molecule is O=C(Nc1ccc(NC(=O)C23CC4CC(CC(Br)(C4)C2)C3)cc1)C1CC1. The van der Waals surface area contributed by atoms with Gasteiger partial charge in [-0.3, -0.25) is 9.59 Å². The fourth-order valence-corrected chi connectivity index (χ4v) is 7.36. The van der Waals surface area contributed by atoms with E-state index in [2.05, 4.69) is 26.6 Å². The van der Waals surface area contributed by atoms with Gasteiger partial charge in [0, 0.05) is 21.6 Å². The topological polar surface area (TPSA) is 58.2 Å². The van der Waals surface area contributed by atoms with Crippen molar-refractivity contribution < 1.29 is 9.59 Å². The van der Waals surface area contributed by atoms with Gasteiger partial charge in [0.1, 0.15) is 0 Å². The molecular weight excluding hydrogens is 392 g/mol. The molecule has 5 saturated carbocycles. The summed E-state index contributed by atoms with van der Waals surface area (Å²) in [7, 11) is 0. The van der Waals surface area contributed by atoms with Gasteiger partial charge in [-0.15, -0.1) is 0 Å². The number of carbonyl (C=O) groups excluding carboxylic acids is 2. The highest BCUT2D eigenvalue weighted by molar-refractivity contribution is 9.10. The number of benzene rings is 1. The number of amides is 2. The quantitative estimate of drug-likeness (QED) is 0.698. The highest BCUT2D eigenvalue weighted by atomic mass is 79.9. The van der Waals surface area contributed by atoms with Gasteiger partial charge < -0.3 is 10.6 Å². The van der Waals surface area contributed by atoms with E-state index in [-0.39, 0.29) is 27.5 Å². The molecule has 2 atom stereocenters. The smallest absolute Gasteiger partial charge is 0.230 e. The normalized spacial score (nSPS) is 37.4. The Kier molecular flexibility index (Phi) is 3.76. The summed E-state index contributed by atoms with van der Waals surface area (Å²) in [4.78, 5) is 25.0. The molecular formula is C21H25BrN2O2. The number of rotatable bonds is 4. The van der Waals surface area contributed by atoms with E-state index in [4.69, 9.17) is 0 Å². The van der Waals surface area contributed by atoms with E-state index in [9.17, 15) is 9.59 Å². The van der Waals surface area contributed by atoms with Crippen molar-refractivity contribution in [1.29, 1.82) is 0 Å². The van der Waals surface area contributed by atoms with E-state index >= 15 is 0 Å². The maximum absolute atomic E-state index is 13.2. The van der Waals surface area contributed by atoms with Gasteiger partial charge >= 0.3 is 0 Å². The van der Waals surface area contributed by atoms with E-state index in [1.807, 2.05) is 24.3 Å². The molecule has 4 bridgehead atoms. The Balaban J connectivity index is 1.27. The van der Waals surface area contributed by atoms with Crippen LogP contribution in [0.15, 0.2) is 24.3 Å². The number of alkyl halides is 1. The van der Waals surface area contributed by atoms with Gasteiger partial charge in [-0.2, -0.15) is 0 Å². The van der Waals surface area contributed by atoms with E-state index < -0.39 is 0 Å². The third kappa shape index (κ3) is 2.98. The van der Waals surface area contributed by atoms with Gasteiger partial charge in [-0.05, 0) is 87.5 Å². The first kappa shape index (κ1) is 16.8. The molecule has 2 amide bonds. The molecule has 4 nitrogen and oxygen atoms in total. The number of hydrogen-bond acceptors (Lipinski definition) is 2. The van der Waals surface area contributed by atoms with Gasteiger partial charge in [0.05, 0.1) is 5.41 Å². The third-order valence-corrected chi connectivity index (χ3v) is 7.76. The van der Waals surface area contributed by atoms with E-state index in [0.717, 1.165) is 43.5 Å². The van der Waals surface area contributed by atoms with E-state index in [0.29, 0.717) is 11.8 Å². The lowest BCUT2D eigenvalue weighted by atomic mass is 9.49. The van der Waals surface area contributed by atoms with Crippen LogP contribution in [0.2, 0.25) is 0 Å². The zero-order valence-electron chi connectivity index (χ0n) is 14.9. The highest BCUT2D eigenvalue weighted by Crippen LogP contribution is 2.64. The molecule has 2 unspecified atom stereocenters. The summed E-state index contributed by atoms with van der Waals surface area (Å²) in [6.45, 7) is 0. The van der Waals surface area contributed by atoms with Crippen molar-refractivity contribution in [2.45, 2.75) is 55.7 Å². The summed E-state index contributed by atoms with van der Waals surface area (Å²) >= 11 is 3.98. The van der Waals surface area contributed by atoms with Crippen molar-refractivity contribution in [3.05, 3.63) is 24.3 Å². The van der Waals surface area contributed by atoms with Crippen LogP contribution in [-0.2, 0) is 9.59 Å². The average Bonchev–Trinajstić information content (AvgIpc) is 3.39. The number of nitrogens with one attached hydrogen (secondary N) is 2. The van der Waals surface area contributed by atoms with Crippen LogP contribution in [0.25, 0.3) is 0 Å². The summed E-state index contributed by atoms with van der Waals surface area (Å²) in [5, 5.41) is 6.10. The second kappa shape index (κ2) is 5.82. The van der Waals surface area contributed by atoms with Crippen LogP contribution in [-0.4, -0.2) is 16.1 Å². The maximum Gasteiger partial charge on any atom is 0.230 e. The van der Waals surface area contributed by atoms with Crippen molar-refractivity contribution in [3.63, 3.8) is 0 Å². The highest BCUT2D eigenvalue weighted by Gasteiger charge is 2.59. The second-order valence-electron chi connectivity index (χ2n) is 9.19. The summed E-state index contributed by atoms with van der Waals surface area (Å²) in [5.74, 6) is 1.88. The predicted molar refractivity (Wildman–Crippen MR) is 105 cm³/mol. The van der Waals surface area contributed by atoms with Crippen molar-refractivity contribution >= 4 is 39.1 Å². The molecule has 2 N–H and O–H groups in total. The molecule has 5 heteroatoms. The summed E-state index contributed by atoms with van der Waals surface area (Å²) in [5.41, 5.74) is 1.42. The predicted octanol–water partition coefficient (Wildman–Crippen LogP) is 4.71.